The summed E-state index contributed by atoms with van der Waals surface area (Å²) < 4.78 is 40.5. The van der Waals surface area contributed by atoms with E-state index in [-0.39, 0.29) is 6.54 Å². The topological polar surface area (TPSA) is 67.1 Å². The van der Waals surface area contributed by atoms with Gasteiger partial charge >= 0.3 is 6.18 Å². The third-order valence-electron chi connectivity index (χ3n) is 3.93. The smallest absolute Gasteiger partial charge is 0.356 e. The lowest BCUT2D eigenvalue weighted by Crippen LogP contribution is -2.40. The Morgan fingerprint density at radius 3 is 2.75 bits per heavy atom. The average molecular weight is 415 g/mol. The number of benzene rings is 1. The number of rotatable bonds is 9. The molecule has 2 N–H and O–H groups in total. The molecule has 0 unspecified atom stereocenters. The van der Waals surface area contributed by atoms with Crippen LogP contribution in [0.2, 0.25) is 0 Å². The molecule has 2 aromatic rings. The summed E-state index contributed by atoms with van der Waals surface area (Å²) in [6, 6.07) is 5.24. The summed E-state index contributed by atoms with van der Waals surface area (Å²) in [6.45, 7) is 4.15. The molecule has 0 saturated heterocycles. The van der Waals surface area contributed by atoms with Gasteiger partial charge in [0.1, 0.15) is 12.2 Å². The summed E-state index contributed by atoms with van der Waals surface area (Å²) in [4.78, 5) is 4.43. The lowest BCUT2D eigenvalue weighted by Gasteiger charge is -2.13. The highest BCUT2D eigenvalue weighted by molar-refractivity contribution is 7.98. The Morgan fingerprint density at radius 1 is 1.25 bits per heavy atom. The van der Waals surface area contributed by atoms with Crippen molar-refractivity contribution in [2.75, 3.05) is 25.1 Å². The zero-order valence-electron chi connectivity index (χ0n) is 16.0. The van der Waals surface area contributed by atoms with Gasteiger partial charge in [0.05, 0.1) is 12.1 Å². The van der Waals surface area contributed by atoms with E-state index in [0.29, 0.717) is 31.2 Å². The minimum absolute atomic E-state index is 0.158. The second kappa shape index (κ2) is 10.9. The molecule has 0 bridgehead atoms. The van der Waals surface area contributed by atoms with Crippen molar-refractivity contribution >= 4 is 17.7 Å². The van der Waals surface area contributed by atoms with Crippen LogP contribution in [0.3, 0.4) is 0 Å². The molecule has 0 fully saturated rings. The van der Waals surface area contributed by atoms with Gasteiger partial charge in [-0.25, -0.2) is 4.99 Å². The van der Waals surface area contributed by atoms with Gasteiger partial charge in [-0.05, 0) is 24.0 Å². The van der Waals surface area contributed by atoms with Crippen molar-refractivity contribution in [3.05, 3.63) is 47.5 Å². The fourth-order valence-electron chi connectivity index (χ4n) is 2.50. The SMILES string of the molecule is CCc1nncn1CCNC(=NCc1cccc(C(F)(F)F)c1)NCCSC. The van der Waals surface area contributed by atoms with Crippen LogP contribution < -0.4 is 10.6 Å². The highest BCUT2D eigenvalue weighted by Gasteiger charge is 2.30. The van der Waals surface area contributed by atoms with E-state index in [2.05, 4.69) is 25.8 Å². The molecule has 0 aliphatic carbocycles. The maximum atomic E-state index is 12.9. The predicted octanol–water partition coefficient (Wildman–Crippen LogP) is 2.96. The first-order chi connectivity index (χ1) is 13.4. The number of nitrogens with one attached hydrogen (secondary N) is 2. The first kappa shape index (κ1) is 22.1. The van der Waals surface area contributed by atoms with Crippen LogP contribution in [0.1, 0.15) is 23.9 Å². The van der Waals surface area contributed by atoms with Gasteiger partial charge in [-0.15, -0.1) is 10.2 Å². The summed E-state index contributed by atoms with van der Waals surface area (Å²) >= 11 is 1.70. The molecule has 0 aliphatic rings. The molecule has 10 heteroatoms. The van der Waals surface area contributed by atoms with Gasteiger partial charge in [-0.2, -0.15) is 24.9 Å². The van der Waals surface area contributed by atoms with E-state index in [0.717, 1.165) is 30.1 Å². The van der Waals surface area contributed by atoms with Crippen molar-refractivity contribution in [2.24, 2.45) is 4.99 Å². The second-order valence-electron chi connectivity index (χ2n) is 6.00. The largest absolute Gasteiger partial charge is 0.416 e. The highest BCUT2D eigenvalue weighted by Crippen LogP contribution is 2.29. The lowest BCUT2D eigenvalue weighted by molar-refractivity contribution is -0.137. The molecular weight excluding hydrogens is 389 g/mol. The Kier molecular flexibility index (Phi) is 8.62. The molecule has 28 heavy (non-hydrogen) atoms. The van der Waals surface area contributed by atoms with Crippen molar-refractivity contribution in [3.63, 3.8) is 0 Å². The molecule has 0 saturated carbocycles. The van der Waals surface area contributed by atoms with Gasteiger partial charge in [0.2, 0.25) is 0 Å². The van der Waals surface area contributed by atoms with E-state index < -0.39 is 11.7 Å². The molecule has 1 aromatic heterocycles. The normalized spacial score (nSPS) is 12.2. The summed E-state index contributed by atoms with van der Waals surface area (Å²) in [5.74, 6) is 2.37. The highest BCUT2D eigenvalue weighted by atomic mass is 32.2. The lowest BCUT2D eigenvalue weighted by atomic mass is 10.1. The molecule has 154 valence electrons. The number of alkyl halides is 3. The average Bonchev–Trinajstić information content (AvgIpc) is 3.13. The number of hydrogen-bond donors (Lipinski definition) is 2. The minimum Gasteiger partial charge on any atom is -0.356 e. The van der Waals surface area contributed by atoms with E-state index in [1.807, 2.05) is 17.7 Å². The summed E-state index contributed by atoms with van der Waals surface area (Å²) in [5.41, 5.74) is -0.155. The van der Waals surface area contributed by atoms with Gasteiger partial charge in [0, 0.05) is 31.8 Å². The number of aliphatic imine (C=N–C) groups is 1. The number of thioether (sulfide) groups is 1. The van der Waals surface area contributed by atoms with Crippen LogP contribution in [0.5, 0.6) is 0 Å². The van der Waals surface area contributed by atoms with Crippen molar-refractivity contribution in [1.29, 1.82) is 0 Å². The van der Waals surface area contributed by atoms with Crippen LogP contribution in [0.25, 0.3) is 0 Å². The van der Waals surface area contributed by atoms with E-state index in [1.165, 1.54) is 6.07 Å². The fourth-order valence-corrected chi connectivity index (χ4v) is 2.80. The fraction of sp³-hybridized carbons (Fsp3) is 0.500. The second-order valence-corrected chi connectivity index (χ2v) is 6.99. The predicted molar refractivity (Wildman–Crippen MR) is 106 cm³/mol. The van der Waals surface area contributed by atoms with Gasteiger partial charge in [-0.3, -0.25) is 0 Å². The Morgan fingerprint density at radius 2 is 2.04 bits per heavy atom. The molecule has 1 aromatic carbocycles. The van der Waals surface area contributed by atoms with Crippen LogP contribution in [0.4, 0.5) is 13.2 Å². The summed E-state index contributed by atoms with van der Waals surface area (Å²) in [7, 11) is 0. The van der Waals surface area contributed by atoms with Crippen LogP contribution >= 0.6 is 11.8 Å². The van der Waals surface area contributed by atoms with E-state index in [1.54, 1.807) is 24.2 Å². The minimum atomic E-state index is -4.35. The van der Waals surface area contributed by atoms with Gasteiger partial charge < -0.3 is 15.2 Å². The Labute approximate surface area is 167 Å². The molecule has 0 amide bonds. The standard InChI is InChI=1S/C18H25F3N6S/c1-3-16-26-25-13-27(16)9-7-22-17(23-8-10-28-2)24-12-14-5-4-6-15(11-14)18(19,20)21/h4-6,11,13H,3,7-10,12H2,1-2H3,(H2,22,23,24). The van der Waals surface area contributed by atoms with Gasteiger partial charge in [0.25, 0.3) is 0 Å². The molecule has 1 heterocycles. The molecule has 0 atom stereocenters. The zero-order chi connectivity index (χ0) is 20.4. The van der Waals surface area contributed by atoms with Crippen LogP contribution in [-0.4, -0.2) is 45.8 Å². The summed E-state index contributed by atoms with van der Waals surface area (Å²) in [6.07, 6.45) is 0.129. The number of aryl methyl sites for hydroxylation is 1. The van der Waals surface area contributed by atoms with E-state index in [4.69, 9.17) is 0 Å². The first-order valence-corrected chi connectivity index (χ1v) is 10.4. The molecular formula is C18H25F3N6S. The van der Waals surface area contributed by atoms with E-state index in [9.17, 15) is 13.2 Å². The monoisotopic (exact) mass is 414 g/mol. The zero-order valence-corrected chi connectivity index (χ0v) is 16.8. The Balaban J connectivity index is 1.99. The maximum absolute atomic E-state index is 12.9. The number of halogens is 3. The molecule has 0 spiro atoms. The molecule has 0 aliphatic heterocycles. The van der Waals surface area contributed by atoms with Gasteiger partial charge in [-0.1, -0.05) is 19.1 Å². The number of hydrogen-bond acceptors (Lipinski definition) is 4. The van der Waals surface area contributed by atoms with E-state index >= 15 is 0 Å². The molecule has 0 radical (unpaired) electrons. The van der Waals surface area contributed by atoms with Crippen LogP contribution in [-0.2, 0) is 25.7 Å². The van der Waals surface area contributed by atoms with Crippen LogP contribution in [0, 0.1) is 0 Å². The summed E-state index contributed by atoms with van der Waals surface area (Å²) in [5, 5.41) is 14.4. The quantitative estimate of drug-likeness (QED) is 0.375. The third kappa shape index (κ3) is 7.06. The Hall–Kier alpha value is -2.23. The molecule has 2 rings (SSSR count). The van der Waals surface area contributed by atoms with Crippen molar-refractivity contribution in [1.82, 2.24) is 25.4 Å². The Bertz CT molecular complexity index is 760. The molecule has 6 nitrogen and oxygen atoms in total. The third-order valence-corrected chi connectivity index (χ3v) is 4.54. The van der Waals surface area contributed by atoms with Crippen LogP contribution in [0.15, 0.2) is 35.6 Å². The number of guanidine groups is 1. The van der Waals surface area contributed by atoms with Crippen molar-refractivity contribution in [3.8, 4) is 0 Å². The number of nitrogens with zero attached hydrogens (tertiary/aromatic N) is 4. The number of aromatic nitrogens is 3. The van der Waals surface area contributed by atoms with Crippen molar-refractivity contribution in [2.45, 2.75) is 32.6 Å². The van der Waals surface area contributed by atoms with Gasteiger partial charge in [0.15, 0.2) is 5.96 Å². The maximum Gasteiger partial charge on any atom is 0.416 e. The van der Waals surface area contributed by atoms with Crippen molar-refractivity contribution < 1.29 is 13.2 Å². The first-order valence-electron chi connectivity index (χ1n) is 8.98.